The van der Waals surface area contributed by atoms with Crippen LogP contribution < -0.4 is 5.32 Å². The lowest BCUT2D eigenvalue weighted by molar-refractivity contribution is -0.121. The minimum Gasteiger partial charge on any atom is -0.352 e. The predicted molar refractivity (Wildman–Crippen MR) is 82.8 cm³/mol. The van der Waals surface area contributed by atoms with Crippen LogP contribution in [-0.2, 0) is 11.3 Å². The van der Waals surface area contributed by atoms with Crippen molar-refractivity contribution < 1.29 is 4.79 Å². The average Bonchev–Trinajstić information content (AvgIpc) is 2.44. The standard InChI is InChI=1S/C16H23ClN2O/c1-13-5-4-9-19(12-13)10-8-16(20)18-11-14-6-2-3-7-15(14)17/h2-3,6-7,13H,4-5,8-12H2,1H3,(H,18,20). The van der Waals surface area contributed by atoms with Crippen LogP contribution in [0.15, 0.2) is 24.3 Å². The van der Waals surface area contributed by atoms with Crippen molar-refractivity contribution >= 4 is 17.5 Å². The molecule has 1 N–H and O–H groups in total. The number of nitrogens with zero attached hydrogens (tertiary/aromatic N) is 1. The molecule has 1 aromatic rings. The van der Waals surface area contributed by atoms with Gasteiger partial charge >= 0.3 is 0 Å². The second-order valence-corrected chi connectivity index (χ2v) is 6.07. The first-order valence-corrected chi connectivity index (χ1v) is 7.75. The molecule has 2 rings (SSSR count). The van der Waals surface area contributed by atoms with Gasteiger partial charge in [-0.1, -0.05) is 36.7 Å². The number of likely N-dealkylation sites (tertiary alicyclic amines) is 1. The number of carbonyl (C=O) groups excluding carboxylic acids is 1. The molecule has 1 saturated heterocycles. The van der Waals surface area contributed by atoms with Crippen molar-refractivity contribution in [3.05, 3.63) is 34.9 Å². The highest BCUT2D eigenvalue weighted by Crippen LogP contribution is 2.16. The summed E-state index contributed by atoms with van der Waals surface area (Å²) in [7, 11) is 0. The van der Waals surface area contributed by atoms with Crippen LogP contribution in [0.25, 0.3) is 0 Å². The van der Waals surface area contributed by atoms with Gasteiger partial charge in [-0.05, 0) is 36.9 Å². The zero-order valence-corrected chi connectivity index (χ0v) is 12.8. The van der Waals surface area contributed by atoms with E-state index in [0.717, 1.165) is 31.1 Å². The summed E-state index contributed by atoms with van der Waals surface area (Å²) in [6.07, 6.45) is 3.13. The zero-order chi connectivity index (χ0) is 14.4. The first kappa shape index (κ1) is 15.3. The highest BCUT2D eigenvalue weighted by Gasteiger charge is 2.16. The van der Waals surface area contributed by atoms with E-state index < -0.39 is 0 Å². The Kier molecular flexibility index (Phi) is 5.86. The van der Waals surface area contributed by atoms with Crippen LogP contribution in [0.4, 0.5) is 0 Å². The molecule has 1 aliphatic heterocycles. The fourth-order valence-electron chi connectivity index (χ4n) is 2.67. The molecule has 1 fully saturated rings. The molecule has 1 amide bonds. The lowest BCUT2D eigenvalue weighted by atomic mass is 10.0. The summed E-state index contributed by atoms with van der Waals surface area (Å²) in [6.45, 7) is 5.90. The molecule has 20 heavy (non-hydrogen) atoms. The van der Waals surface area contributed by atoms with E-state index in [1.54, 1.807) is 0 Å². The maximum Gasteiger partial charge on any atom is 0.221 e. The molecular formula is C16H23ClN2O. The van der Waals surface area contributed by atoms with Crippen LogP contribution in [-0.4, -0.2) is 30.4 Å². The fraction of sp³-hybridized carbons (Fsp3) is 0.562. The highest BCUT2D eigenvalue weighted by molar-refractivity contribution is 6.31. The molecule has 1 atom stereocenters. The number of benzene rings is 1. The number of halogens is 1. The van der Waals surface area contributed by atoms with E-state index in [-0.39, 0.29) is 5.91 Å². The second kappa shape index (κ2) is 7.65. The van der Waals surface area contributed by atoms with Crippen molar-refractivity contribution in [3.63, 3.8) is 0 Å². The third-order valence-corrected chi connectivity index (χ3v) is 4.20. The summed E-state index contributed by atoms with van der Waals surface area (Å²) in [4.78, 5) is 14.3. The van der Waals surface area contributed by atoms with Crippen molar-refractivity contribution in [2.75, 3.05) is 19.6 Å². The number of piperidine rings is 1. The minimum atomic E-state index is 0.100. The van der Waals surface area contributed by atoms with Gasteiger partial charge in [0.2, 0.25) is 5.91 Å². The number of carbonyl (C=O) groups is 1. The molecule has 0 aromatic heterocycles. The molecule has 4 heteroatoms. The first-order chi connectivity index (χ1) is 9.65. The Morgan fingerprint density at radius 3 is 3.00 bits per heavy atom. The molecule has 0 aliphatic carbocycles. The smallest absolute Gasteiger partial charge is 0.221 e. The Labute approximate surface area is 126 Å². The van der Waals surface area contributed by atoms with E-state index >= 15 is 0 Å². The highest BCUT2D eigenvalue weighted by atomic mass is 35.5. The van der Waals surface area contributed by atoms with E-state index in [1.165, 1.54) is 12.8 Å². The molecule has 1 aromatic carbocycles. The lowest BCUT2D eigenvalue weighted by Crippen LogP contribution is -2.37. The predicted octanol–water partition coefficient (Wildman–Crippen LogP) is 3.08. The summed E-state index contributed by atoms with van der Waals surface area (Å²) in [5, 5.41) is 3.65. The molecule has 3 nitrogen and oxygen atoms in total. The Bertz CT molecular complexity index is 450. The van der Waals surface area contributed by atoms with E-state index in [1.807, 2.05) is 24.3 Å². The monoisotopic (exact) mass is 294 g/mol. The van der Waals surface area contributed by atoms with Gasteiger partial charge in [0.25, 0.3) is 0 Å². The molecule has 0 spiro atoms. The van der Waals surface area contributed by atoms with Gasteiger partial charge in [-0.2, -0.15) is 0 Å². The third-order valence-electron chi connectivity index (χ3n) is 3.83. The maximum absolute atomic E-state index is 11.9. The van der Waals surface area contributed by atoms with Gasteiger partial charge in [0.05, 0.1) is 0 Å². The van der Waals surface area contributed by atoms with Crippen molar-refractivity contribution in [2.45, 2.75) is 32.7 Å². The number of hydrogen-bond donors (Lipinski definition) is 1. The fourth-order valence-corrected chi connectivity index (χ4v) is 2.88. The van der Waals surface area contributed by atoms with Gasteiger partial charge in [0.15, 0.2) is 0 Å². The molecule has 0 saturated carbocycles. The molecule has 0 bridgehead atoms. The third kappa shape index (κ3) is 4.80. The Balaban J connectivity index is 1.69. The molecule has 0 radical (unpaired) electrons. The molecular weight excluding hydrogens is 272 g/mol. The number of rotatable bonds is 5. The van der Waals surface area contributed by atoms with Crippen molar-refractivity contribution in [3.8, 4) is 0 Å². The maximum atomic E-state index is 11.9. The van der Waals surface area contributed by atoms with E-state index in [2.05, 4.69) is 17.1 Å². The summed E-state index contributed by atoms with van der Waals surface area (Å²) < 4.78 is 0. The van der Waals surface area contributed by atoms with Crippen molar-refractivity contribution in [1.29, 1.82) is 0 Å². The van der Waals surface area contributed by atoms with Crippen LogP contribution in [0.2, 0.25) is 5.02 Å². The molecule has 1 heterocycles. The SMILES string of the molecule is CC1CCCN(CCC(=O)NCc2ccccc2Cl)C1. The lowest BCUT2D eigenvalue weighted by Gasteiger charge is -2.30. The number of nitrogens with one attached hydrogen (secondary N) is 1. The van der Waals surface area contributed by atoms with Crippen molar-refractivity contribution in [2.24, 2.45) is 5.92 Å². The van der Waals surface area contributed by atoms with Gasteiger partial charge in [-0.3, -0.25) is 4.79 Å². The Morgan fingerprint density at radius 2 is 2.25 bits per heavy atom. The Hall–Kier alpha value is -1.06. The van der Waals surface area contributed by atoms with Gasteiger partial charge < -0.3 is 10.2 Å². The normalized spacial score (nSPS) is 19.8. The van der Waals surface area contributed by atoms with E-state index in [4.69, 9.17) is 11.6 Å². The Morgan fingerprint density at radius 1 is 1.45 bits per heavy atom. The topological polar surface area (TPSA) is 32.3 Å². The van der Waals surface area contributed by atoms with Crippen LogP contribution in [0, 0.1) is 5.92 Å². The number of hydrogen-bond acceptors (Lipinski definition) is 2. The molecule has 110 valence electrons. The van der Waals surface area contributed by atoms with Gasteiger partial charge in [-0.25, -0.2) is 0 Å². The second-order valence-electron chi connectivity index (χ2n) is 5.67. The summed E-state index contributed by atoms with van der Waals surface area (Å²) in [6, 6.07) is 7.61. The van der Waals surface area contributed by atoms with E-state index in [0.29, 0.717) is 18.0 Å². The minimum absolute atomic E-state index is 0.100. The van der Waals surface area contributed by atoms with Crippen LogP contribution in [0.1, 0.15) is 31.7 Å². The largest absolute Gasteiger partial charge is 0.352 e. The van der Waals surface area contributed by atoms with Gasteiger partial charge in [-0.15, -0.1) is 0 Å². The summed E-state index contributed by atoms with van der Waals surface area (Å²) in [5.74, 6) is 0.859. The quantitative estimate of drug-likeness (QED) is 0.905. The number of amides is 1. The first-order valence-electron chi connectivity index (χ1n) is 7.37. The van der Waals surface area contributed by atoms with Crippen LogP contribution in [0.5, 0.6) is 0 Å². The van der Waals surface area contributed by atoms with Gasteiger partial charge in [0, 0.05) is 31.1 Å². The van der Waals surface area contributed by atoms with Crippen molar-refractivity contribution in [1.82, 2.24) is 10.2 Å². The molecule has 1 aliphatic rings. The zero-order valence-electron chi connectivity index (χ0n) is 12.1. The van der Waals surface area contributed by atoms with Gasteiger partial charge in [0.1, 0.15) is 0 Å². The summed E-state index contributed by atoms with van der Waals surface area (Å²) in [5.41, 5.74) is 0.967. The van der Waals surface area contributed by atoms with E-state index in [9.17, 15) is 4.79 Å². The molecule has 1 unspecified atom stereocenters. The average molecular weight is 295 g/mol. The van der Waals surface area contributed by atoms with Crippen LogP contribution in [0.3, 0.4) is 0 Å². The van der Waals surface area contributed by atoms with Crippen LogP contribution >= 0.6 is 11.6 Å². The summed E-state index contributed by atoms with van der Waals surface area (Å²) >= 11 is 6.06.